The summed E-state index contributed by atoms with van der Waals surface area (Å²) < 4.78 is 0. The van der Waals surface area contributed by atoms with Crippen molar-refractivity contribution in [3.63, 3.8) is 0 Å². The summed E-state index contributed by atoms with van der Waals surface area (Å²) in [4.78, 5) is 19.4. The number of amides is 1. The second kappa shape index (κ2) is 5.14. The molecule has 1 aliphatic heterocycles. The maximum absolute atomic E-state index is 12.4. The van der Waals surface area contributed by atoms with Gasteiger partial charge in [-0.3, -0.25) is 4.79 Å². The average molecular weight is 253 g/mol. The number of piperidine rings is 1. The fraction of sp³-hybridized carbons (Fsp3) is 0.667. The molecule has 1 fully saturated rings. The molecule has 0 saturated carbocycles. The van der Waals surface area contributed by atoms with Gasteiger partial charge in [-0.25, -0.2) is 4.98 Å². The van der Waals surface area contributed by atoms with Crippen molar-refractivity contribution >= 4 is 17.2 Å². The molecule has 4 nitrogen and oxygen atoms in total. The monoisotopic (exact) mass is 253 g/mol. The average Bonchev–Trinajstić information content (AvgIpc) is 2.68. The first-order chi connectivity index (χ1) is 8.09. The van der Waals surface area contributed by atoms with Gasteiger partial charge in [0, 0.05) is 13.1 Å². The van der Waals surface area contributed by atoms with Crippen LogP contribution in [-0.4, -0.2) is 42.0 Å². The van der Waals surface area contributed by atoms with E-state index < -0.39 is 0 Å². The number of thiazole rings is 1. The van der Waals surface area contributed by atoms with E-state index in [0.717, 1.165) is 41.5 Å². The molecule has 1 aromatic rings. The van der Waals surface area contributed by atoms with Crippen LogP contribution in [0.1, 0.15) is 33.2 Å². The van der Waals surface area contributed by atoms with Crippen LogP contribution in [0.3, 0.4) is 0 Å². The van der Waals surface area contributed by atoms with Crippen LogP contribution < -0.4 is 5.32 Å². The van der Waals surface area contributed by atoms with Gasteiger partial charge in [0.1, 0.15) is 4.88 Å². The van der Waals surface area contributed by atoms with Crippen molar-refractivity contribution < 1.29 is 4.79 Å². The smallest absolute Gasteiger partial charge is 0.265 e. The van der Waals surface area contributed by atoms with Crippen LogP contribution in [0.15, 0.2) is 0 Å². The molecule has 1 aliphatic rings. The molecule has 1 saturated heterocycles. The Labute approximate surface area is 106 Å². The Morgan fingerprint density at radius 3 is 2.59 bits per heavy atom. The first kappa shape index (κ1) is 12.5. The van der Waals surface area contributed by atoms with E-state index in [9.17, 15) is 4.79 Å². The molecule has 94 valence electrons. The lowest BCUT2D eigenvalue weighted by Crippen LogP contribution is -2.43. The van der Waals surface area contributed by atoms with Crippen molar-refractivity contribution in [2.45, 2.75) is 32.7 Å². The highest BCUT2D eigenvalue weighted by molar-refractivity contribution is 7.13. The lowest BCUT2D eigenvalue weighted by Gasteiger charge is -2.31. The summed E-state index contributed by atoms with van der Waals surface area (Å²) in [5.41, 5.74) is 0.860. The van der Waals surface area contributed by atoms with Gasteiger partial charge in [0.15, 0.2) is 0 Å². The summed E-state index contributed by atoms with van der Waals surface area (Å²) in [6, 6.07) is 0.366. The van der Waals surface area contributed by atoms with E-state index in [1.165, 1.54) is 11.3 Å². The highest BCUT2D eigenvalue weighted by Gasteiger charge is 2.25. The first-order valence-electron chi connectivity index (χ1n) is 6.01. The van der Waals surface area contributed by atoms with Gasteiger partial charge in [0.05, 0.1) is 10.7 Å². The van der Waals surface area contributed by atoms with E-state index in [4.69, 9.17) is 0 Å². The Balaban J connectivity index is 2.11. The number of nitrogens with zero attached hydrogens (tertiary/aromatic N) is 2. The quantitative estimate of drug-likeness (QED) is 0.870. The van der Waals surface area contributed by atoms with E-state index in [0.29, 0.717) is 6.04 Å². The van der Waals surface area contributed by atoms with E-state index >= 15 is 0 Å². The number of carbonyl (C=O) groups excluding carboxylic acids is 1. The summed E-state index contributed by atoms with van der Waals surface area (Å²) in [6.07, 6.45) is 2.08. The Hall–Kier alpha value is -0.940. The van der Waals surface area contributed by atoms with Gasteiger partial charge in [-0.1, -0.05) is 0 Å². The van der Waals surface area contributed by atoms with Crippen LogP contribution in [0.4, 0.5) is 0 Å². The molecule has 0 aromatic carbocycles. The van der Waals surface area contributed by atoms with Crippen molar-refractivity contribution in [3.05, 3.63) is 15.6 Å². The molecule has 2 rings (SSSR count). The number of hydrogen-bond acceptors (Lipinski definition) is 4. The minimum atomic E-state index is 0.125. The molecule has 17 heavy (non-hydrogen) atoms. The van der Waals surface area contributed by atoms with Gasteiger partial charge >= 0.3 is 0 Å². The third kappa shape index (κ3) is 2.66. The second-order valence-corrected chi connectivity index (χ2v) is 5.75. The predicted octanol–water partition coefficient (Wildman–Crippen LogP) is 1.58. The lowest BCUT2D eigenvalue weighted by atomic mass is 10.1. The number of nitrogens with one attached hydrogen (secondary N) is 1. The first-order valence-corrected chi connectivity index (χ1v) is 6.83. The molecule has 0 spiro atoms. The Morgan fingerprint density at radius 1 is 1.41 bits per heavy atom. The minimum absolute atomic E-state index is 0.125. The molecule has 0 aliphatic carbocycles. The SMILES string of the molecule is Cc1nc(C)c(C(=O)N(C)C2CCNCC2)s1. The molecular weight excluding hydrogens is 234 g/mol. The highest BCUT2D eigenvalue weighted by atomic mass is 32.1. The molecule has 0 unspecified atom stereocenters. The zero-order valence-corrected chi connectivity index (χ0v) is 11.4. The summed E-state index contributed by atoms with van der Waals surface area (Å²) in [7, 11) is 1.91. The van der Waals surface area contributed by atoms with Crippen molar-refractivity contribution in [1.29, 1.82) is 0 Å². The fourth-order valence-corrected chi connectivity index (χ4v) is 3.15. The van der Waals surface area contributed by atoms with Gasteiger partial charge in [-0.15, -0.1) is 11.3 Å². The Morgan fingerprint density at radius 2 is 2.06 bits per heavy atom. The molecule has 1 amide bonds. The van der Waals surface area contributed by atoms with Crippen LogP contribution in [0, 0.1) is 13.8 Å². The van der Waals surface area contributed by atoms with Crippen LogP contribution >= 0.6 is 11.3 Å². The summed E-state index contributed by atoms with van der Waals surface area (Å²) >= 11 is 1.50. The van der Waals surface area contributed by atoms with E-state index in [-0.39, 0.29) is 5.91 Å². The second-order valence-electron chi connectivity index (χ2n) is 4.54. The lowest BCUT2D eigenvalue weighted by molar-refractivity contribution is 0.0707. The van der Waals surface area contributed by atoms with Crippen molar-refractivity contribution in [1.82, 2.24) is 15.2 Å². The third-order valence-electron chi connectivity index (χ3n) is 3.27. The molecular formula is C12H19N3OS. The molecule has 2 heterocycles. The maximum atomic E-state index is 12.4. The maximum Gasteiger partial charge on any atom is 0.265 e. The van der Waals surface area contributed by atoms with Crippen LogP contribution in [0.5, 0.6) is 0 Å². The topological polar surface area (TPSA) is 45.2 Å². The minimum Gasteiger partial charge on any atom is -0.338 e. The van der Waals surface area contributed by atoms with E-state index in [1.807, 2.05) is 25.8 Å². The summed E-state index contributed by atoms with van der Waals surface area (Å²) in [5.74, 6) is 0.125. The molecule has 0 atom stereocenters. The summed E-state index contributed by atoms with van der Waals surface area (Å²) in [6.45, 7) is 5.86. The number of hydrogen-bond donors (Lipinski definition) is 1. The molecule has 5 heteroatoms. The number of aryl methyl sites for hydroxylation is 2. The fourth-order valence-electron chi connectivity index (χ4n) is 2.25. The summed E-state index contributed by atoms with van der Waals surface area (Å²) in [5, 5.41) is 4.28. The van der Waals surface area contributed by atoms with Crippen molar-refractivity contribution in [3.8, 4) is 0 Å². The normalized spacial score (nSPS) is 17.1. The standard InChI is InChI=1S/C12H19N3OS/c1-8-11(17-9(2)14-8)12(16)15(3)10-4-6-13-7-5-10/h10,13H,4-7H2,1-3H3. The van der Waals surface area contributed by atoms with Crippen LogP contribution in [-0.2, 0) is 0 Å². The zero-order chi connectivity index (χ0) is 12.4. The Kier molecular flexibility index (Phi) is 3.79. The van der Waals surface area contributed by atoms with Gasteiger partial charge in [0.25, 0.3) is 5.91 Å². The van der Waals surface area contributed by atoms with Gasteiger partial charge in [0.2, 0.25) is 0 Å². The molecule has 0 radical (unpaired) electrons. The zero-order valence-electron chi connectivity index (χ0n) is 10.6. The number of carbonyl (C=O) groups is 1. The largest absolute Gasteiger partial charge is 0.338 e. The predicted molar refractivity (Wildman–Crippen MR) is 69.6 cm³/mol. The van der Waals surface area contributed by atoms with Gasteiger partial charge in [-0.2, -0.15) is 0 Å². The van der Waals surface area contributed by atoms with Crippen LogP contribution in [0.2, 0.25) is 0 Å². The number of aromatic nitrogens is 1. The highest BCUT2D eigenvalue weighted by Crippen LogP contribution is 2.21. The number of rotatable bonds is 2. The van der Waals surface area contributed by atoms with Gasteiger partial charge < -0.3 is 10.2 Å². The van der Waals surface area contributed by atoms with Gasteiger partial charge in [-0.05, 0) is 39.8 Å². The molecule has 1 aromatic heterocycles. The van der Waals surface area contributed by atoms with Crippen molar-refractivity contribution in [2.75, 3.05) is 20.1 Å². The van der Waals surface area contributed by atoms with E-state index in [1.54, 1.807) is 0 Å². The molecule has 0 bridgehead atoms. The van der Waals surface area contributed by atoms with E-state index in [2.05, 4.69) is 10.3 Å². The Bertz CT molecular complexity index is 410. The van der Waals surface area contributed by atoms with Crippen molar-refractivity contribution in [2.24, 2.45) is 0 Å². The third-order valence-corrected chi connectivity index (χ3v) is 4.34. The molecule has 1 N–H and O–H groups in total. The van der Waals surface area contributed by atoms with Crippen LogP contribution in [0.25, 0.3) is 0 Å².